The van der Waals surface area contributed by atoms with E-state index in [-0.39, 0.29) is 0 Å². The summed E-state index contributed by atoms with van der Waals surface area (Å²) in [6, 6.07) is 31.7. The Bertz CT molecular complexity index is 1020. The molecule has 0 aliphatic rings. The fourth-order valence-corrected chi connectivity index (χ4v) is 3.32. The Morgan fingerprint density at radius 3 is 1.77 bits per heavy atom. The van der Waals surface area contributed by atoms with Gasteiger partial charge >= 0.3 is 0 Å². The maximum absolute atomic E-state index is 5.08. The lowest BCUT2D eigenvalue weighted by atomic mass is 9.93. The van der Waals surface area contributed by atoms with Gasteiger partial charge in [-0.25, -0.2) is 4.98 Å². The van der Waals surface area contributed by atoms with E-state index in [4.69, 9.17) is 4.98 Å². The van der Waals surface area contributed by atoms with Crippen LogP contribution >= 0.6 is 0 Å². The van der Waals surface area contributed by atoms with Crippen LogP contribution < -0.4 is 0 Å². The minimum absolute atomic E-state index is 1.01. The molecule has 0 bridgehead atoms. The molecular weight excluding hydrogens is 314 g/mol. The van der Waals surface area contributed by atoms with E-state index >= 15 is 0 Å². The lowest BCUT2D eigenvalue weighted by molar-refractivity contribution is 1.28. The van der Waals surface area contributed by atoms with Crippen LogP contribution in [-0.2, 0) is 0 Å². The number of aromatic nitrogens is 1. The second-order valence-corrected chi connectivity index (χ2v) is 6.65. The smallest absolute Gasteiger partial charge is 0.0790 e. The van der Waals surface area contributed by atoms with Crippen molar-refractivity contribution in [1.29, 1.82) is 0 Å². The van der Waals surface area contributed by atoms with Gasteiger partial charge in [0, 0.05) is 16.7 Å². The molecule has 3 aromatic carbocycles. The molecule has 0 saturated carbocycles. The van der Waals surface area contributed by atoms with E-state index in [1.807, 2.05) is 6.07 Å². The van der Waals surface area contributed by atoms with Crippen LogP contribution in [-0.4, -0.2) is 4.98 Å². The molecule has 4 aromatic rings. The SMILES string of the molecule is Cc1ccc(-c2nc(-c3ccccc3)cc(C)c2-c2ccccc2)cc1. The molecular formula is C25H21N. The maximum Gasteiger partial charge on any atom is 0.0790 e. The van der Waals surface area contributed by atoms with Gasteiger partial charge in [0.1, 0.15) is 0 Å². The first kappa shape index (κ1) is 16.3. The van der Waals surface area contributed by atoms with Gasteiger partial charge in [-0.1, -0.05) is 90.5 Å². The van der Waals surface area contributed by atoms with E-state index in [2.05, 4.69) is 98.8 Å². The van der Waals surface area contributed by atoms with Crippen molar-refractivity contribution >= 4 is 0 Å². The van der Waals surface area contributed by atoms with Gasteiger partial charge < -0.3 is 0 Å². The number of aryl methyl sites for hydroxylation is 2. The molecule has 1 heteroatoms. The maximum atomic E-state index is 5.08. The zero-order valence-electron chi connectivity index (χ0n) is 15.1. The predicted octanol–water partition coefficient (Wildman–Crippen LogP) is 6.70. The van der Waals surface area contributed by atoms with Crippen molar-refractivity contribution in [2.75, 3.05) is 0 Å². The Morgan fingerprint density at radius 2 is 1.15 bits per heavy atom. The number of hydrogen-bond donors (Lipinski definition) is 0. The second kappa shape index (κ2) is 6.97. The molecule has 0 saturated heterocycles. The first-order valence-corrected chi connectivity index (χ1v) is 8.92. The highest BCUT2D eigenvalue weighted by Gasteiger charge is 2.14. The van der Waals surface area contributed by atoms with Crippen molar-refractivity contribution in [3.05, 3.63) is 102 Å². The predicted molar refractivity (Wildman–Crippen MR) is 110 cm³/mol. The average molecular weight is 335 g/mol. The molecule has 4 rings (SSSR count). The number of benzene rings is 3. The highest BCUT2D eigenvalue weighted by molar-refractivity contribution is 5.85. The summed E-state index contributed by atoms with van der Waals surface area (Å²) in [7, 11) is 0. The number of hydrogen-bond acceptors (Lipinski definition) is 1. The number of nitrogens with zero attached hydrogens (tertiary/aromatic N) is 1. The van der Waals surface area contributed by atoms with Gasteiger partial charge in [-0.15, -0.1) is 0 Å². The first-order valence-electron chi connectivity index (χ1n) is 8.92. The third-order valence-corrected chi connectivity index (χ3v) is 4.67. The van der Waals surface area contributed by atoms with E-state index in [0.29, 0.717) is 0 Å². The summed E-state index contributed by atoms with van der Waals surface area (Å²) in [5.41, 5.74) is 9.24. The summed E-state index contributed by atoms with van der Waals surface area (Å²) in [6.07, 6.45) is 0. The lowest BCUT2D eigenvalue weighted by Gasteiger charge is -2.15. The molecule has 0 radical (unpaired) electrons. The molecule has 1 nitrogen and oxygen atoms in total. The number of pyridine rings is 1. The van der Waals surface area contributed by atoms with E-state index in [9.17, 15) is 0 Å². The fourth-order valence-electron chi connectivity index (χ4n) is 3.32. The van der Waals surface area contributed by atoms with Crippen LogP contribution in [0.4, 0.5) is 0 Å². The van der Waals surface area contributed by atoms with Gasteiger partial charge in [-0.05, 0) is 31.0 Å². The first-order chi connectivity index (χ1) is 12.7. The van der Waals surface area contributed by atoms with Crippen molar-refractivity contribution < 1.29 is 0 Å². The molecule has 26 heavy (non-hydrogen) atoms. The molecule has 0 fully saturated rings. The normalized spacial score (nSPS) is 10.7. The van der Waals surface area contributed by atoms with Crippen LogP contribution in [0.1, 0.15) is 11.1 Å². The molecule has 0 aliphatic carbocycles. The summed E-state index contributed by atoms with van der Waals surface area (Å²) >= 11 is 0. The average Bonchev–Trinajstić information content (AvgIpc) is 2.69. The van der Waals surface area contributed by atoms with Crippen LogP contribution in [0, 0.1) is 13.8 Å². The Morgan fingerprint density at radius 1 is 0.577 bits per heavy atom. The largest absolute Gasteiger partial charge is 0.247 e. The topological polar surface area (TPSA) is 12.9 Å². The summed E-state index contributed by atoms with van der Waals surface area (Å²) in [5.74, 6) is 0. The van der Waals surface area contributed by atoms with E-state index < -0.39 is 0 Å². The monoisotopic (exact) mass is 335 g/mol. The highest BCUT2D eigenvalue weighted by atomic mass is 14.7. The van der Waals surface area contributed by atoms with Gasteiger partial charge in [-0.3, -0.25) is 0 Å². The zero-order valence-corrected chi connectivity index (χ0v) is 15.1. The fraction of sp³-hybridized carbons (Fsp3) is 0.0800. The molecule has 126 valence electrons. The minimum Gasteiger partial charge on any atom is -0.247 e. The summed E-state index contributed by atoms with van der Waals surface area (Å²) in [6.45, 7) is 4.29. The van der Waals surface area contributed by atoms with E-state index in [1.165, 1.54) is 22.3 Å². The van der Waals surface area contributed by atoms with Crippen LogP contribution in [0.3, 0.4) is 0 Å². The molecule has 0 aliphatic heterocycles. The van der Waals surface area contributed by atoms with Crippen molar-refractivity contribution in [2.24, 2.45) is 0 Å². The molecule has 1 aromatic heterocycles. The molecule has 0 spiro atoms. The summed E-state index contributed by atoms with van der Waals surface area (Å²) < 4.78 is 0. The van der Waals surface area contributed by atoms with Gasteiger partial charge in [-0.2, -0.15) is 0 Å². The van der Waals surface area contributed by atoms with Gasteiger partial charge in [0.25, 0.3) is 0 Å². The molecule has 1 heterocycles. The van der Waals surface area contributed by atoms with E-state index in [1.54, 1.807) is 0 Å². The van der Waals surface area contributed by atoms with Crippen molar-refractivity contribution in [3.8, 4) is 33.6 Å². The Balaban J connectivity index is 1.98. The van der Waals surface area contributed by atoms with Crippen molar-refractivity contribution in [2.45, 2.75) is 13.8 Å². The van der Waals surface area contributed by atoms with Gasteiger partial charge in [0.2, 0.25) is 0 Å². The van der Waals surface area contributed by atoms with Crippen molar-refractivity contribution in [3.63, 3.8) is 0 Å². The molecule has 0 amide bonds. The van der Waals surface area contributed by atoms with Crippen LogP contribution in [0.25, 0.3) is 33.6 Å². The van der Waals surface area contributed by atoms with Crippen LogP contribution in [0.15, 0.2) is 91.0 Å². The Kier molecular flexibility index (Phi) is 4.37. The summed E-state index contributed by atoms with van der Waals surface area (Å²) in [4.78, 5) is 5.08. The molecule has 0 unspecified atom stereocenters. The zero-order chi connectivity index (χ0) is 17.9. The van der Waals surface area contributed by atoms with Crippen LogP contribution in [0.5, 0.6) is 0 Å². The molecule has 0 N–H and O–H groups in total. The van der Waals surface area contributed by atoms with Crippen LogP contribution in [0.2, 0.25) is 0 Å². The lowest BCUT2D eigenvalue weighted by Crippen LogP contribution is -1.96. The van der Waals surface area contributed by atoms with E-state index in [0.717, 1.165) is 22.5 Å². The third kappa shape index (κ3) is 3.16. The standard InChI is InChI=1S/C25H21N/c1-18-13-15-22(16-14-18)25-24(21-11-7-4-8-12-21)19(2)17-23(26-25)20-9-5-3-6-10-20/h3-17H,1-2H3. The van der Waals surface area contributed by atoms with Crippen molar-refractivity contribution in [1.82, 2.24) is 4.98 Å². The quantitative estimate of drug-likeness (QED) is 0.406. The third-order valence-electron chi connectivity index (χ3n) is 4.67. The molecule has 0 atom stereocenters. The number of rotatable bonds is 3. The second-order valence-electron chi connectivity index (χ2n) is 6.65. The van der Waals surface area contributed by atoms with Gasteiger partial charge in [0.15, 0.2) is 0 Å². The van der Waals surface area contributed by atoms with Gasteiger partial charge in [0.05, 0.1) is 11.4 Å². The highest BCUT2D eigenvalue weighted by Crippen LogP contribution is 2.36. The minimum atomic E-state index is 1.01. The Hall–Kier alpha value is -3.19. The Labute approximate surface area is 155 Å². The summed E-state index contributed by atoms with van der Waals surface area (Å²) in [5, 5.41) is 0.